The highest BCUT2D eigenvalue weighted by Gasteiger charge is 2.56. The molecule has 1 aliphatic carbocycles. The highest BCUT2D eigenvalue weighted by molar-refractivity contribution is 5.69. The number of carbonyl (C=O) groups excluding carboxylic acids is 1. The second kappa shape index (κ2) is 3.78. The Morgan fingerprint density at radius 2 is 2.14 bits per heavy atom. The van der Waals surface area contributed by atoms with Crippen LogP contribution in [0.2, 0.25) is 0 Å². The summed E-state index contributed by atoms with van der Waals surface area (Å²) in [4.78, 5) is 10.8. The van der Waals surface area contributed by atoms with Crippen molar-refractivity contribution in [2.75, 3.05) is 7.11 Å². The normalized spacial score (nSPS) is 35.6. The van der Waals surface area contributed by atoms with Gasteiger partial charge in [0.15, 0.2) is 0 Å². The third kappa shape index (κ3) is 1.85. The molecule has 1 aliphatic rings. The second-order valence-corrected chi connectivity index (χ2v) is 3.41. The molecule has 0 amide bonds. The minimum atomic E-state index is -3.53. The van der Waals surface area contributed by atoms with Gasteiger partial charge in [-0.3, -0.25) is 4.79 Å². The molecule has 0 aromatic carbocycles. The molecule has 6 heteroatoms. The Hall–Kier alpha value is -0.750. The quantitative estimate of drug-likeness (QED) is 0.626. The molecule has 0 spiro atoms. The molecule has 4 nitrogen and oxygen atoms in total. The largest absolute Gasteiger partial charge is 0.469 e. The van der Waals surface area contributed by atoms with E-state index in [1.807, 2.05) is 0 Å². The zero-order chi connectivity index (χ0) is 10.9. The maximum Gasteiger partial charge on any atom is 0.305 e. The number of carbonyl (C=O) groups is 1. The molecular weight excluding hydrogens is 198 g/mol. The van der Waals surface area contributed by atoms with E-state index in [1.54, 1.807) is 0 Å². The monoisotopic (exact) mass is 210 g/mol. The number of ether oxygens (including phenoxy) is 1. The average molecular weight is 210 g/mol. The van der Waals surface area contributed by atoms with Gasteiger partial charge in [-0.05, 0) is 6.42 Å². The van der Waals surface area contributed by atoms with Gasteiger partial charge in [0.25, 0.3) is 5.92 Å². The summed E-state index contributed by atoms with van der Waals surface area (Å²) in [6.45, 7) is 0. The molecule has 1 saturated carbocycles. The van der Waals surface area contributed by atoms with Crippen molar-refractivity contribution in [3.63, 3.8) is 0 Å². The highest BCUT2D eigenvalue weighted by atomic mass is 19.3. The van der Waals surface area contributed by atoms with Gasteiger partial charge in [0.2, 0.25) is 0 Å². The van der Waals surface area contributed by atoms with Crippen LogP contribution >= 0.6 is 0 Å². The molecule has 3 atom stereocenters. The number of esters is 1. The first-order chi connectivity index (χ1) is 6.39. The number of halogens is 2. The Kier molecular flexibility index (Phi) is 3.06. The Labute approximate surface area is 79.5 Å². The van der Waals surface area contributed by atoms with Gasteiger partial charge in [0.05, 0.1) is 13.5 Å². The second-order valence-electron chi connectivity index (χ2n) is 3.41. The van der Waals surface area contributed by atoms with Crippen molar-refractivity contribution in [2.24, 2.45) is 5.92 Å². The molecule has 1 fully saturated rings. The lowest BCUT2D eigenvalue weighted by molar-refractivity contribution is -0.154. The predicted octanol–water partition coefficient (Wildman–Crippen LogP) is -0.0735. The summed E-state index contributed by atoms with van der Waals surface area (Å²) >= 11 is 0. The Balaban J connectivity index is 2.63. The molecule has 0 heterocycles. The van der Waals surface area contributed by atoms with E-state index in [0.29, 0.717) is 0 Å². The van der Waals surface area contributed by atoms with Crippen LogP contribution in [-0.4, -0.2) is 41.4 Å². The summed E-state index contributed by atoms with van der Waals surface area (Å²) < 4.78 is 30.1. The van der Waals surface area contributed by atoms with Crippen LogP contribution in [0.15, 0.2) is 0 Å². The standard InChI is InChI=1S/C8H12F2O4/c1-14-6(12)3-4-2-5(11)8(9,10)7(4)13/h4-5,7,11,13H,2-3H2,1H3. The van der Waals surface area contributed by atoms with Gasteiger partial charge < -0.3 is 14.9 Å². The SMILES string of the molecule is COC(=O)CC1CC(O)C(F)(F)C1O. The van der Waals surface area contributed by atoms with Crippen molar-refractivity contribution in [3.05, 3.63) is 0 Å². The van der Waals surface area contributed by atoms with Crippen molar-refractivity contribution in [1.29, 1.82) is 0 Å². The molecule has 0 bridgehead atoms. The minimum absolute atomic E-state index is 0.288. The number of aliphatic hydroxyl groups is 2. The van der Waals surface area contributed by atoms with Crippen molar-refractivity contribution >= 4 is 5.97 Å². The summed E-state index contributed by atoms with van der Waals surface area (Å²) in [5.41, 5.74) is 0. The van der Waals surface area contributed by atoms with Crippen LogP contribution in [0.4, 0.5) is 8.78 Å². The van der Waals surface area contributed by atoms with Crippen LogP contribution in [0.5, 0.6) is 0 Å². The van der Waals surface area contributed by atoms with Gasteiger partial charge >= 0.3 is 5.97 Å². The predicted molar refractivity (Wildman–Crippen MR) is 41.7 cm³/mol. The summed E-state index contributed by atoms with van der Waals surface area (Å²) in [5, 5.41) is 18.0. The summed E-state index contributed by atoms with van der Waals surface area (Å²) in [6, 6.07) is 0. The molecule has 2 N–H and O–H groups in total. The van der Waals surface area contributed by atoms with Gasteiger partial charge in [0, 0.05) is 5.92 Å². The lowest BCUT2D eigenvalue weighted by Gasteiger charge is -2.18. The van der Waals surface area contributed by atoms with E-state index in [9.17, 15) is 13.6 Å². The Morgan fingerprint density at radius 3 is 2.50 bits per heavy atom. The van der Waals surface area contributed by atoms with Crippen LogP contribution in [0.25, 0.3) is 0 Å². The maximum atomic E-state index is 12.9. The topological polar surface area (TPSA) is 66.8 Å². The zero-order valence-corrected chi connectivity index (χ0v) is 7.61. The minimum Gasteiger partial charge on any atom is -0.469 e. The summed E-state index contributed by atoms with van der Waals surface area (Å²) in [7, 11) is 1.14. The fourth-order valence-electron chi connectivity index (χ4n) is 1.58. The van der Waals surface area contributed by atoms with E-state index < -0.39 is 30.0 Å². The number of methoxy groups -OCH3 is 1. The van der Waals surface area contributed by atoms with Gasteiger partial charge in [-0.1, -0.05) is 0 Å². The molecule has 3 unspecified atom stereocenters. The van der Waals surface area contributed by atoms with Crippen LogP contribution in [0, 0.1) is 5.92 Å². The van der Waals surface area contributed by atoms with Gasteiger partial charge in [0.1, 0.15) is 12.2 Å². The third-order valence-corrected chi connectivity index (χ3v) is 2.47. The number of hydrogen-bond donors (Lipinski definition) is 2. The van der Waals surface area contributed by atoms with Crippen LogP contribution in [0.1, 0.15) is 12.8 Å². The zero-order valence-electron chi connectivity index (χ0n) is 7.61. The van der Waals surface area contributed by atoms with Gasteiger partial charge in [-0.2, -0.15) is 0 Å². The first-order valence-corrected chi connectivity index (χ1v) is 4.20. The van der Waals surface area contributed by atoms with E-state index in [0.717, 1.165) is 7.11 Å². The number of hydrogen-bond acceptors (Lipinski definition) is 4. The molecule has 0 aromatic heterocycles. The molecule has 0 aromatic rings. The van der Waals surface area contributed by atoms with Gasteiger partial charge in [-0.15, -0.1) is 0 Å². The van der Waals surface area contributed by atoms with E-state index in [2.05, 4.69) is 4.74 Å². The Morgan fingerprint density at radius 1 is 1.57 bits per heavy atom. The first kappa shape index (κ1) is 11.3. The average Bonchev–Trinajstić information content (AvgIpc) is 2.30. The summed E-state index contributed by atoms with van der Waals surface area (Å²) in [6.07, 6.45) is -4.45. The summed E-state index contributed by atoms with van der Waals surface area (Å²) in [5.74, 6) is -5.13. The maximum absolute atomic E-state index is 12.9. The number of alkyl halides is 2. The smallest absolute Gasteiger partial charge is 0.305 e. The van der Waals surface area contributed by atoms with Crippen LogP contribution in [0.3, 0.4) is 0 Å². The fourth-order valence-corrected chi connectivity index (χ4v) is 1.58. The van der Waals surface area contributed by atoms with Crippen LogP contribution in [-0.2, 0) is 9.53 Å². The van der Waals surface area contributed by atoms with Crippen molar-refractivity contribution in [2.45, 2.75) is 31.0 Å². The fraction of sp³-hybridized carbons (Fsp3) is 0.875. The highest BCUT2D eigenvalue weighted by Crippen LogP contribution is 2.41. The van der Waals surface area contributed by atoms with E-state index in [1.165, 1.54) is 0 Å². The van der Waals surface area contributed by atoms with E-state index in [4.69, 9.17) is 10.2 Å². The molecular formula is C8H12F2O4. The molecule has 82 valence electrons. The van der Waals surface area contributed by atoms with Gasteiger partial charge in [-0.25, -0.2) is 8.78 Å². The molecule has 0 saturated heterocycles. The van der Waals surface area contributed by atoms with Crippen molar-refractivity contribution in [1.82, 2.24) is 0 Å². The molecule has 14 heavy (non-hydrogen) atoms. The number of rotatable bonds is 2. The molecule has 0 radical (unpaired) electrons. The Bertz CT molecular complexity index is 231. The lowest BCUT2D eigenvalue weighted by Crippen LogP contribution is -2.38. The van der Waals surface area contributed by atoms with Crippen molar-refractivity contribution in [3.8, 4) is 0 Å². The molecule has 1 rings (SSSR count). The van der Waals surface area contributed by atoms with Crippen LogP contribution < -0.4 is 0 Å². The number of aliphatic hydroxyl groups excluding tert-OH is 2. The lowest BCUT2D eigenvalue weighted by atomic mass is 10.0. The molecule has 0 aliphatic heterocycles. The van der Waals surface area contributed by atoms with E-state index in [-0.39, 0.29) is 12.8 Å². The third-order valence-electron chi connectivity index (χ3n) is 2.47. The van der Waals surface area contributed by atoms with Crippen molar-refractivity contribution < 1.29 is 28.5 Å². The van der Waals surface area contributed by atoms with E-state index >= 15 is 0 Å². The first-order valence-electron chi connectivity index (χ1n) is 4.20.